The third kappa shape index (κ3) is 4.38. The molecule has 0 aliphatic carbocycles. The lowest BCUT2D eigenvalue weighted by atomic mass is 9.96. The predicted molar refractivity (Wildman–Crippen MR) is 90.8 cm³/mol. The van der Waals surface area contributed by atoms with Gasteiger partial charge in [0.25, 0.3) is 0 Å². The van der Waals surface area contributed by atoms with E-state index in [1.54, 1.807) is 6.07 Å². The first-order valence-corrected chi connectivity index (χ1v) is 7.66. The van der Waals surface area contributed by atoms with Crippen LogP contribution >= 0.6 is 11.6 Å². The van der Waals surface area contributed by atoms with Crippen molar-refractivity contribution < 1.29 is 4.79 Å². The maximum Gasteiger partial charge on any atom is 0.228 e. The van der Waals surface area contributed by atoms with Crippen LogP contribution in [0.25, 0.3) is 0 Å². The molecule has 1 atom stereocenters. The molecule has 0 radical (unpaired) electrons. The molecule has 2 aromatic carbocycles. The van der Waals surface area contributed by atoms with Gasteiger partial charge in [0.15, 0.2) is 0 Å². The van der Waals surface area contributed by atoms with Crippen molar-refractivity contribution in [3.63, 3.8) is 0 Å². The van der Waals surface area contributed by atoms with E-state index in [2.05, 4.69) is 17.2 Å². The Balaban J connectivity index is 1.94. The topological polar surface area (TPSA) is 29.1 Å². The normalized spacial score (nSPS) is 11.2. The second kappa shape index (κ2) is 8.26. The molecule has 3 heteroatoms. The Kier molecular flexibility index (Phi) is 6.06. The smallest absolute Gasteiger partial charge is 0.228 e. The van der Waals surface area contributed by atoms with Crippen LogP contribution in [-0.4, -0.2) is 12.5 Å². The lowest BCUT2D eigenvalue weighted by Crippen LogP contribution is -2.29. The van der Waals surface area contributed by atoms with E-state index in [0.717, 1.165) is 17.5 Å². The van der Waals surface area contributed by atoms with Gasteiger partial charge < -0.3 is 5.32 Å². The molecule has 0 aliphatic rings. The Bertz CT molecular complexity index is 685. The summed E-state index contributed by atoms with van der Waals surface area (Å²) in [6, 6.07) is 17.2. The molecule has 1 N–H and O–H groups in total. The summed E-state index contributed by atoms with van der Waals surface area (Å²) in [7, 11) is 0. The van der Waals surface area contributed by atoms with E-state index < -0.39 is 0 Å². The summed E-state index contributed by atoms with van der Waals surface area (Å²) < 4.78 is 0. The molecule has 2 nitrogen and oxygen atoms in total. The van der Waals surface area contributed by atoms with Crippen LogP contribution in [0.3, 0.4) is 0 Å². The Labute approximate surface area is 136 Å². The van der Waals surface area contributed by atoms with Gasteiger partial charge in [-0.05, 0) is 24.1 Å². The quantitative estimate of drug-likeness (QED) is 0.850. The number of rotatable bonds is 4. The summed E-state index contributed by atoms with van der Waals surface area (Å²) in [5, 5.41) is 3.49. The third-order valence-electron chi connectivity index (χ3n) is 3.37. The van der Waals surface area contributed by atoms with Crippen molar-refractivity contribution in [3.8, 4) is 11.8 Å². The van der Waals surface area contributed by atoms with Crippen LogP contribution in [0.15, 0.2) is 54.6 Å². The molecule has 0 saturated heterocycles. The van der Waals surface area contributed by atoms with Crippen molar-refractivity contribution in [3.05, 3.63) is 70.7 Å². The van der Waals surface area contributed by atoms with Crippen molar-refractivity contribution in [2.75, 3.05) is 6.54 Å². The highest BCUT2D eigenvalue weighted by Crippen LogP contribution is 2.19. The maximum atomic E-state index is 12.2. The second-order valence-corrected chi connectivity index (χ2v) is 5.28. The summed E-state index contributed by atoms with van der Waals surface area (Å²) in [5.41, 5.74) is 1.80. The number of carbonyl (C=O) groups is 1. The molecule has 1 amide bonds. The highest BCUT2D eigenvalue weighted by molar-refractivity contribution is 6.31. The lowest BCUT2D eigenvalue weighted by molar-refractivity contribution is -0.122. The molecule has 1 unspecified atom stereocenters. The fourth-order valence-electron chi connectivity index (χ4n) is 2.21. The highest BCUT2D eigenvalue weighted by Gasteiger charge is 2.17. The summed E-state index contributed by atoms with van der Waals surface area (Å²) in [6.07, 6.45) is 0.758. The molecule has 2 aromatic rings. The molecular weight excluding hydrogens is 294 g/mol. The molecular formula is C19H18ClNO. The van der Waals surface area contributed by atoms with Crippen LogP contribution in [0.4, 0.5) is 0 Å². The second-order valence-electron chi connectivity index (χ2n) is 4.87. The number of nitrogens with one attached hydrogen (secondary N) is 1. The van der Waals surface area contributed by atoms with Gasteiger partial charge >= 0.3 is 0 Å². The zero-order valence-electron chi connectivity index (χ0n) is 12.5. The monoisotopic (exact) mass is 311 g/mol. The van der Waals surface area contributed by atoms with E-state index in [-0.39, 0.29) is 11.8 Å². The van der Waals surface area contributed by atoms with Crippen molar-refractivity contribution in [2.45, 2.75) is 19.3 Å². The van der Waals surface area contributed by atoms with Crippen LogP contribution < -0.4 is 5.32 Å². The van der Waals surface area contributed by atoms with Gasteiger partial charge in [-0.15, -0.1) is 0 Å². The molecule has 0 aromatic heterocycles. The van der Waals surface area contributed by atoms with Crippen molar-refractivity contribution >= 4 is 17.5 Å². The van der Waals surface area contributed by atoms with Crippen molar-refractivity contribution in [1.82, 2.24) is 5.32 Å². The first kappa shape index (κ1) is 16.1. The molecule has 112 valence electrons. The predicted octanol–water partition coefficient (Wildman–Crippen LogP) is 4.00. The average Bonchev–Trinajstić information content (AvgIpc) is 2.55. The molecule has 2 rings (SSSR count). The molecule has 0 heterocycles. The summed E-state index contributed by atoms with van der Waals surface area (Å²) >= 11 is 6.03. The van der Waals surface area contributed by atoms with Crippen LogP contribution in [0.2, 0.25) is 5.02 Å². The van der Waals surface area contributed by atoms with Crippen LogP contribution in [-0.2, 0) is 4.79 Å². The number of hydrogen-bond donors (Lipinski definition) is 1. The minimum atomic E-state index is -0.136. The molecule has 0 aliphatic heterocycles. The summed E-state index contributed by atoms with van der Waals surface area (Å²) in [5.74, 6) is 5.77. The van der Waals surface area contributed by atoms with Crippen LogP contribution in [0.5, 0.6) is 0 Å². The van der Waals surface area contributed by atoms with Gasteiger partial charge in [0, 0.05) is 5.56 Å². The summed E-state index contributed by atoms with van der Waals surface area (Å²) in [6.45, 7) is 2.32. The van der Waals surface area contributed by atoms with Gasteiger partial charge in [0.05, 0.1) is 17.5 Å². The largest absolute Gasteiger partial charge is 0.345 e. The number of benzene rings is 2. The van der Waals surface area contributed by atoms with Crippen molar-refractivity contribution in [1.29, 1.82) is 0 Å². The minimum Gasteiger partial charge on any atom is -0.345 e. The fourth-order valence-corrected chi connectivity index (χ4v) is 2.40. The zero-order chi connectivity index (χ0) is 15.8. The Hall–Kier alpha value is -2.24. The Morgan fingerprint density at radius 1 is 1.14 bits per heavy atom. The first-order chi connectivity index (χ1) is 10.7. The Morgan fingerprint density at radius 3 is 2.50 bits per heavy atom. The van der Waals surface area contributed by atoms with Crippen LogP contribution in [0, 0.1) is 11.8 Å². The third-order valence-corrected chi connectivity index (χ3v) is 3.70. The van der Waals surface area contributed by atoms with E-state index in [9.17, 15) is 4.79 Å². The van der Waals surface area contributed by atoms with Gasteiger partial charge in [-0.1, -0.05) is 72.8 Å². The Morgan fingerprint density at radius 2 is 1.82 bits per heavy atom. The van der Waals surface area contributed by atoms with E-state index >= 15 is 0 Å². The van der Waals surface area contributed by atoms with Crippen LogP contribution in [0.1, 0.15) is 30.4 Å². The molecule has 22 heavy (non-hydrogen) atoms. The first-order valence-electron chi connectivity index (χ1n) is 7.28. The molecule has 0 fully saturated rings. The summed E-state index contributed by atoms with van der Waals surface area (Å²) in [4.78, 5) is 12.2. The van der Waals surface area contributed by atoms with E-state index in [1.807, 2.05) is 55.5 Å². The van der Waals surface area contributed by atoms with Gasteiger partial charge in [-0.3, -0.25) is 4.79 Å². The van der Waals surface area contributed by atoms with Crippen molar-refractivity contribution in [2.24, 2.45) is 0 Å². The molecule has 0 bridgehead atoms. The standard InChI is InChI=1S/C19H18ClNO/c1-2-17(15-9-4-3-5-10-15)19(22)21-14-8-12-16-11-6-7-13-18(16)20/h3-7,9-11,13,17H,2,14H2,1H3,(H,21,22). The molecule has 0 saturated carbocycles. The number of amides is 1. The van der Waals surface area contributed by atoms with Gasteiger partial charge in [0.2, 0.25) is 5.91 Å². The number of halogens is 1. The molecule has 0 spiro atoms. The van der Waals surface area contributed by atoms with Gasteiger partial charge in [-0.25, -0.2) is 0 Å². The highest BCUT2D eigenvalue weighted by atomic mass is 35.5. The number of carbonyl (C=O) groups excluding carboxylic acids is 1. The fraction of sp³-hybridized carbons (Fsp3) is 0.211. The van der Waals surface area contributed by atoms with E-state index in [4.69, 9.17) is 11.6 Å². The maximum absolute atomic E-state index is 12.2. The zero-order valence-corrected chi connectivity index (χ0v) is 13.2. The lowest BCUT2D eigenvalue weighted by Gasteiger charge is -2.14. The van der Waals surface area contributed by atoms with Gasteiger partial charge in [-0.2, -0.15) is 0 Å². The average molecular weight is 312 g/mol. The number of hydrogen-bond acceptors (Lipinski definition) is 1. The SMILES string of the molecule is CCC(C(=O)NCC#Cc1ccccc1Cl)c1ccccc1. The van der Waals surface area contributed by atoms with E-state index in [1.165, 1.54) is 0 Å². The minimum absolute atomic E-state index is 0.00200. The van der Waals surface area contributed by atoms with Gasteiger partial charge in [0.1, 0.15) is 0 Å². The van der Waals surface area contributed by atoms with E-state index in [0.29, 0.717) is 11.6 Å².